The Labute approximate surface area is 136 Å². The average molecular weight is 312 g/mol. The van der Waals surface area contributed by atoms with Gasteiger partial charge in [-0.1, -0.05) is 36.4 Å². The summed E-state index contributed by atoms with van der Waals surface area (Å²) in [6.45, 7) is 5.15. The normalized spacial score (nSPS) is 21.0. The van der Waals surface area contributed by atoms with Gasteiger partial charge in [0.25, 0.3) is 0 Å². The maximum absolute atomic E-state index is 14.1. The minimum absolute atomic E-state index is 0.163. The fourth-order valence-corrected chi connectivity index (χ4v) is 3.51. The maximum atomic E-state index is 14.1. The van der Waals surface area contributed by atoms with Crippen LogP contribution in [0, 0.1) is 5.82 Å². The SMILES string of the molecule is Fc1ccccc1-c1cccc2c1OC(CN1CCNCC1)C2. The van der Waals surface area contributed by atoms with Gasteiger partial charge in [-0.25, -0.2) is 4.39 Å². The molecule has 1 unspecified atom stereocenters. The van der Waals surface area contributed by atoms with Gasteiger partial charge in [-0.05, 0) is 11.6 Å². The zero-order valence-electron chi connectivity index (χ0n) is 13.1. The number of rotatable bonds is 3. The van der Waals surface area contributed by atoms with E-state index >= 15 is 0 Å². The molecule has 23 heavy (non-hydrogen) atoms. The Morgan fingerprint density at radius 1 is 1.04 bits per heavy atom. The van der Waals surface area contributed by atoms with Gasteiger partial charge in [-0.3, -0.25) is 4.90 Å². The number of benzene rings is 2. The molecule has 3 nitrogen and oxygen atoms in total. The summed E-state index contributed by atoms with van der Waals surface area (Å²) in [6, 6.07) is 12.9. The van der Waals surface area contributed by atoms with E-state index < -0.39 is 0 Å². The molecule has 2 aliphatic heterocycles. The molecule has 1 fully saturated rings. The van der Waals surface area contributed by atoms with Crippen LogP contribution in [-0.4, -0.2) is 43.7 Å². The van der Waals surface area contributed by atoms with Crippen molar-refractivity contribution in [2.45, 2.75) is 12.5 Å². The Bertz CT molecular complexity index is 698. The third-order valence-electron chi connectivity index (χ3n) is 4.66. The van der Waals surface area contributed by atoms with Crippen molar-refractivity contribution >= 4 is 0 Å². The van der Waals surface area contributed by atoms with Gasteiger partial charge in [0, 0.05) is 50.3 Å². The number of halogens is 1. The molecule has 1 saturated heterocycles. The van der Waals surface area contributed by atoms with Gasteiger partial charge >= 0.3 is 0 Å². The molecule has 0 spiro atoms. The van der Waals surface area contributed by atoms with Crippen molar-refractivity contribution in [3.8, 4) is 16.9 Å². The summed E-state index contributed by atoms with van der Waals surface area (Å²) in [5, 5.41) is 3.37. The van der Waals surface area contributed by atoms with Crippen LogP contribution in [0.25, 0.3) is 11.1 Å². The molecule has 4 heteroatoms. The summed E-state index contributed by atoms with van der Waals surface area (Å²) in [6.07, 6.45) is 1.07. The van der Waals surface area contributed by atoms with Crippen LogP contribution in [0.1, 0.15) is 5.56 Å². The highest BCUT2D eigenvalue weighted by molar-refractivity contribution is 5.73. The number of fused-ring (bicyclic) bond motifs is 1. The van der Waals surface area contributed by atoms with Gasteiger partial charge in [0.1, 0.15) is 17.7 Å². The first-order chi connectivity index (χ1) is 11.3. The summed E-state index contributed by atoms with van der Waals surface area (Å²) >= 11 is 0. The monoisotopic (exact) mass is 312 g/mol. The molecule has 2 aromatic carbocycles. The molecule has 1 N–H and O–H groups in total. The molecule has 0 amide bonds. The fraction of sp³-hybridized carbons (Fsp3) is 0.368. The highest BCUT2D eigenvalue weighted by atomic mass is 19.1. The third kappa shape index (κ3) is 2.96. The van der Waals surface area contributed by atoms with Gasteiger partial charge in [-0.15, -0.1) is 0 Å². The first-order valence-electron chi connectivity index (χ1n) is 8.28. The highest BCUT2D eigenvalue weighted by Gasteiger charge is 2.28. The summed E-state index contributed by atoms with van der Waals surface area (Å²) in [7, 11) is 0. The molecule has 120 valence electrons. The first-order valence-corrected chi connectivity index (χ1v) is 8.28. The number of piperazine rings is 1. The first kappa shape index (κ1) is 14.7. The molecular weight excluding hydrogens is 291 g/mol. The summed E-state index contributed by atoms with van der Waals surface area (Å²) in [5.74, 6) is 0.660. The van der Waals surface area contributed by atoms with E-state index in [1.807, 2.05) is 24.3 Å². The van der Waals surface area contributed by atoms with Crippen LogP contribution in [0.3, 0.4) is 0 Å². The van der Waals surface area contributed by atoms with Gasteiger partial charge in [0.2, 0.25) is 0 Å². The lowest BCUT2D eigenvalue weighted by atomic mass is 10.00. The highest BCUT2D eigenvalue weighted by Crippen LogP contribution is 2.39. The van der Waals surface area contributed by atoms with E-state index in [-0.39, 0.29) is 11.9 Å². The Balaban J connectivity index is 1.57. The fourth-order valence-electron chi connectivity index (χ4n) is 3.51. The molecule has 2 aromatic rings. The van der Waals surface area contributed by atoms with Crippen LogP contribution in [0.4, 0.5) is 4.39 Å². The van der Waals surface area contributed by atoms with E-state index in [0.717, 1.165) is 50.5 Å². The van der Waals surface area contributed by atoms with E-state index in [1.54, 1.807) is 6.07 Å². The van der Waals surface area contributed by atoms with E-state index in [2.05, 4.69) is 16.3 Å². The number of ether oxygens (including phenoxy) is 1. The minimum atomic E-state index is -0.199. The van der Waals surface area contributed by atoms with E-state index in [0.29, 0.717) is 5.56 Å². The van der Waals surface area contributed by atoms with Crippen LogP contribution in [0.15, 0.2) is 42.5 Å². The predicted molar refractivity (Wildman–Crippen MR) is 89.3 cm³/mol. The van der Waals surface area contributed by atoms with Gasteiger partial charge in [0.15, 0.2) is 0 Å². The van der Waals surface area contributed by atoms with E-state index in [4.69, 9.17) is 4.74 Å². The Hall–Kier alpha value is -1.91. The van der Waals surface area contributed by atoms with E-state index in [9.17, 15) is 4.39 Å². The van der Waals surface area contributed by atoms with Crippen LogP contribution < -0.4 is 10.1 Å². The molecule has 2 aliphatic rings. The number of para-hydroxylation sites is 1. The molecule has 1 atom stereocenters. The van der Waals surface area contributed by atoms with Crippen LogP contribution in [-0.2, 0) is 6.42 Å². The topological polar surface area (TPSA) is 24.5 Å². The second kappa shape index (κ2) is 6.30. The van der Waals surface area contributed by atoms with E-state index in [1.165, 1.54) is 11.6 Å². The molecule has 0 saturated carbocycles. The lowest BCUT2D eigenvalue weighted by molar-refractivity contribution is 0.140. The lowest BCUT2D eigenvalue weighted by Crippen LogP contribution is -2.47. The number of nitrogens with one attached hydrogen (secondary N) is 1. The molecule has 0 aliphatic carbocycles. The standard InChI is InChI=1S/C19H21FN2O/c20-18-7-2-1-5-16(18)17-6-3-4-14-12-15(23-19(14)17)13-22-10-8-21-9-11-22/h1-7,15,21H,8-13H2. The summed E-state index contributed by atoms with van der Waals surface area (Å²) in [4.78, 5) is 2.44. The smallest absolute Gasteiger partial charge is 0.131 e. The minimum Gasteiger partial charge on any atom is -0.488 e. The Morgan fingerprint density at radius 3 is 2.65 bits per heavy atom. The summed E-state index contributed by atoms with van der Waals surface area (Å²) < 4.78 is 20.4. The number of nitrogens with zero attached hydrogens (tertiary/aromatic N) is 1. The zero-order valence-corrected chi connectivity index (χ0v) is 13.1. The van der Waals surface area contributed by atoms with Crippen LogP contribution in [0.2, 0.25) is 0 Å². The molecule has 0 aromatic heterocycles. The van der Waals surface area contributed by atoms with Crippen molar-refractivity contribution in [1.29, 1.82) is 0 Å². The maximum Gasteiger partial charge on any atom is 0.131 e. The Kier molecular flexibility index (Phi) is 4.02. The van der Waals surface area contributed by atoms with Crippen LogP contribution >= 0.6 is 0 Å². The summed E-state index contributed by atoms with van der Waals surface area (Å²) in [5.41, 5.74) is 2.67. The van der Waals surface area contributed by atoms with Crippen molar-refractivity contribution in [3.05, 3.63) is 53.8 Å². The predicted octanol–water partition coefficient (Wildman–Crippen LogP) is 2.70. The van der Waals surface area contributed by atoms with Crippen LogP contribution in [0.5, 0.6) is 5.75 Å². The van der Waals surface area contributed by atoms with Crippen molar-refractivity contribution in [3.63, 3.8) is 0 Å². The van der Waals surface area contributed by atoms with Gasteiger partial charge in [0.05, 0.1) is 0 Å². The van der Waals surface area contributed by atoms with Gasteiger partial charge in [-0.2, -0.15) is 0 Å². The quantitative estimate of drug-likeness (QED) is 0.943. The largest absolute Gasteiger partial charge is 0.488 e. The number of hydrogen-bond acceptors (Lipinski definition) is 3. The number of hydrogen-bond donors (Lipinski definition) is 1. The Morgan fingerprint density at radius 2 is 1.83 bits per heavy atom. The average Bonchev–Trinajstić information content (AvgIpc) is 2.99. The second-order valence-electron chi connectivity index (χ2n) is 6.27. The van der Waals surface area contributed by atoms with Crippen molar-refractivity contribution in [2.75, 3.05) is 32.7 Å². The van der Waals surface area contributed by atoms with Crippen molar-refractivity contribution in [2.24, 2.45) is 0 Å². The second-order valence-corrected chi connectivity index (χ2v) is 6.27. The zero-order chi connectivity index (χ0) is 15.6. The molecular formula is C19H21FN2O. The van der Waals surface area contributed by atoms with Gasteiger partial charge < -0.3 is 10.1 Å². The van der Waals surface area contributed by atoms with Crippen molar-refractivity contribution < 1.29 is 9.13 Å². The molecule has 2 heterocycles. The molecule has 0 bridgehead atoms. The van der Waals surface area contributed by atoms with Crippen molar-refractivity contribution in [1.82, 2.24) is 10.2 Å². The molecule has 4 rings (SSSR count). The lowest BCUT2D eigenvalue weighted by Gasteiger charge is -2.29. The third-order valence-corrected chi connectivity index (χ3v) is 4.66. The molecule has 0 radical (unpaired) electrons.